The van der Waals surface area contributed by atoms with E-state index in [0.29, 0.717) is 0 Å². The third-order valence-electron chi connectivity index (χ3n) is 4.49. The van der Waals surface area contributed by atoms with Gasteiger partial charge in [0, 0.05) is 23.3 Å². The van der Waals surface area contributed by atoms with Crippen molar-refractivity contribution in [2.75, 3.05) is 0 Å². The lowest BCUT2D eigenvalue weighted by molar-refractivity contribution is 0.532. The van der Waals surface area contributed by atoms with Gasteiger partial charge in [-0.1, -0.05) is 24.3 Å². The highest BCUT2D eigenvalue weighted by atomic mass is 32.2. The lowest BCUT2D eigenvalue weighted by atomic mass is 10.0. The zero-order valence-corrected chi connectivity index (χ0v) is 15.5. The van der Waals surface area contributed by atoms with Crippen LogP contribution in [0.1, 0.15) is 23.6 Å². The van der Waals surface area contributed by atoms with Crippen LogP contribution in [-0.4, -0.2) is 33.5 Å². The second kappa shape index (κ2) is 7.72. The van der Waals surface area contributed by atoms with E-state index in [1.165, 1.54) is 6.33 Å². The minimum atomic E-state index is -1.88. The molecule has 4 aromatic rings. The van der Waals surface area contributed by atoms with Gasteiger partial charge in [-0.3, -0.25) is 4.68 Å². The third kappa shape index (κ3) is 3.55. The van der Waals surface area contributed by atoms with Crippen molar-refractivity contribution in [3.63, 3.8) is 0 Å². The van der Waals surface area contributed by atoms with Gasteiger partial charge in [-0.15, -0.1) is 0 Å². The Hall–Kier alpha value is -3.35. The van der Waals surface area contributed by atoms with Crippen LogP contribution in [0.15, 0.2) is 55.2 Å². The highest BCUT2D eigenvalue weighted by molar-refractivity contribution is 7.78. The fraction of sp³-hybridized carbons (Fsp3) is 0.158. The van der Waals surface area contributed by atoms with Crippen LogP contribution in [0.4, 0.5) is 0 Å². The Bertz CT molecular complexity index is 1180. The van der Waals surface area contributed by atoms with Crippen molar-refractivity contribution in [2.24, 2.45) is 0 Å². The van der Waals surface area contributed by atoms with Gasteiger partial charge in [0.15, 0.2) is 11.1 Å². The molecule has 3 heterocycles. The zero-order chi connectivity index (χ0) is 19.5. The van der Waals surface area contributed by atoms with Crippen LogP contribution in [0.25, 0.3) is 22.3 Å². The number of H-pyrrole nitrogens is 1. The number of hydrogen-bond donors (Lipinski definition) is 2. The second-order valence-corrected chi connectivity index (χ2v) is 7.19. The summed E-state index contributed by atoms with van der Waals surface area (Å²) in [7, 11) is 0. The molecule has 140 valence electrons. The number of nitrogens with one attached hydrogen (secondary N) is 1. The van der Waals surface area contributed by atoms with Crippen molar-refractivity contribution in [3.8, 4) is 17.3 Å². The minimum absolute atomic E-state index is 0.0789. The molecule has 0 saturated carbocycles. The summed E-state index contributed by atoms with van der Waals surface area (Å²) < 4.78 is 21.7. The van der Waals surface area contributed by atoms with Crippen LogP contribution in [0, 0.1) is 11.3 Å². The standard InChI is InChI=1S/C19H16N6O2S/c20-7-5-17(14-3-1-13(2-4-14)11-28(26)27)25-10-15(9-24-25)18-16-6-8-21-19(16)23-12-22-18/h1-4,6,8-10,12,17H,5,11H2,(H,26,27)(H,21,22,23). The molecule has 28 heavy (non-hydrogen) atoms. The molecule has 0 fully saturated rings. The first-order valence-corrected chi connectivity index (χ1v) is 9.79. The maximum Gasteiger partial charge on any atom is 0.157 e. The molecule has 2 atom stereocenters. The fourth-order valence-corrected chi connectivity index (χ4v) is 3.64. The second-order valence-electron chi connectivity index (χ2n) is 6.26. The molecule has 0 radical (unpaired) electrons. The molecule has 0 bridgehead atoms. The number of aromatic amines is 1. The summed E-state index contributed by atoms with van der Waals surface area (Å²) in [5.74, 6) is 0.0789. The Labute approximate surface area is 163 Å². The van der Waals surface area contributed by atoms with Crippen molar-refractivity contribution in [1.82, 2.24) is 24.7 Å². The summed E-state index contributed by atoms with van der Waals surface area (Å²) >= 11 is -1.88. The highest BCUT2D eigenvalue weighted by Crippen LogP contribution is 2.28. The lowest BCUT2D eigenvalue weighted by Gasteiger charge is -2.15. The van der Waals surface area contributed by atoms with Crippen LogP contribution >= 0.6 is 0 Å². The van der Waals surface area contributed by atoms with E-state index in [-0.39, 0.29) is 18.2 Å². The minimum Gasteiger partial charge on any atom is -0.346 e. The molecular formula is C19H16N6O2S. The van der Waals surface area contributed by atoms with E-state index < -0.39 is 11.1 Å². The van der Waals surface area contributed by atoms with Gasteiger partial charge in [-0.2, -0.15) is 10.4 Å². The SMILES string of the molecule is N#CCC(c1ccc(CS(=O)O)cc1)n1cc(-c2ncnc3[nH]ccc23)cn1. The van der Waals surface area contributed by atoms with Gasteiger partial charge >= 0.3 is 0 Å². The van der Waals surface area contributed by atoms with Crippen molar-refractivity contribution < 1.29 is 8.76 Å². The maximum absolute atomic E-state index is 11.0. The number of nitrogens with zero attached hydrogens (tertiary/aromatic N) is 5. The van der Waals surface area contributed by atoms with Crippen LogP contribution in [0.5, 0.6) is 0 Å². The van der Waals surface area contributed by atoms with Gasteiger partial charge < -0.3 is 9.54 Å². The third-order valence-corrected chi connectivity index (χ3v) is 5.07. The number of aromatic nitrogens is 5. The number of hydrogen-bond acceptors (Lipinski definition) is 5. The molecule has 1 aromatic carbocycles. The maximum atomic E-state index is 11.0. The van der Waals surface area contributed by atoms with Gasteiger partial charge in [-0.25, -0.2) is 14.2 Å². The predicted molar refractivity (Wildman–Crippen MR) is 104 cm³/mol. The molecule has 2 N–H and O–H groups in total. The lowest BCUT2D eigenvalue weighted by Crippen LogP contribution is -2.10. The Morgan fingerprint density at radius 3 is 2.82 bits per heavy atom. The molecule has 0 amide bonds. The van der Waals surface area contributed by atoms with Crippen molar-refractivity contribution in [3.05, 3.63) is 66.4 Å². The van der Waals surface area contributed by atoms with E-state index in [0.717, 1.165) is 33.4 Å². The van der Waals surface area contributed by atoms with Gasteiger partial charge in [0.25, 0.3) is 0 Å². The summed E-state index contributed by atoms with van der Waals surface area (Å²) in [5.41, 5.74) is 4.02. The Morgan fingerprint density at radius 1 is 1.25 bits per heavy atom. The van der Waals surface area contributed by atoms with Gasteiger partial charge in [-0.05, 0) is 17.2 Å². The molecule has 9 heteroatoms. The van der Waals surface area contributed by atoms with Gasteiger partial charge in [0.05, 0.1) is 36.2 Å². The van der Waals surface area contributed by atoms with E-state index in [1.54, 1.807) is 23.0 Å². The summed E-state index contributed by atoms with van der Waals surface area (Å²) in [6.07, 6.45) is 7.15. The topological polar surface area (TPSA) is 120 Å². The van der Waals surface area contributed by atoms with Gasteiger partial charge in [0.1, 0.15) is 12.0 Å². The number of rotatable bonds is 6. The zero-order valence-electron chi connectivity index (χ0n) is 14.7. The normalized spacial score (nSPS) is 13.3. The average molecular weight is 392 g/mol. The Balaban J connectivity index is 1.67. The molecule has 0 saturated heterocycles. The summed E-state index contributed by atoms with van der Waals surface area (Å²) in [4.78, 5) is 11.6. The van der Waals surface area contributed by atoms with E-state index in [1.807, 2.05) is 30.6 Å². The molecule has 8 nitrogen and oxygen atoms in total. The largest absolute Gasteiger partial charge is 0.346 e. The van der Waals surface area contributed by atoms with Crippen LogP contribution in [0.2, 0.25) is 0 Å². The highest BCUT2D eigenvalue weighted by Gasteiger charge is 2.17. The monoisotopic (exact) mass is 392 g/mol. The van der Waals surface area contributed by atoms with E-state index in [9.17, 15) is 9.47 Å². The first kappa shape index (κ1) is 18.0. The van der Waals surface area contributed by atoms with E-state index >= 15 is 0 Å². The van der Waals surface area contributed by atoms with Crippen molar-refractivity contribution in [2.45, 2.75) is 18.2 Å². The molecule has 0 aliphatic heterocycles. The molecule has 0 aliphatic rings. The van der Waals surface area contributed by atoms with Crippen LogP contribution in [-0.2, 0) is 16.8 Å². The first-order valence-electron chi connectivity index (χ1n) is 8.51. The molecule has 0 aliphatic carbocycles. The number of benzene rings is 1. The Kier molecular flexibility index (Phi) is 4.97. The number of nitriles is 1. The summed E-state index contributed by atoms with van der Waals surface area (Å²) in [6.45, 7) is 0. The number of fused-ring (bicyclic) bond motifs is 1. The molecule has 2 unspecified atom stereocenters. The van der Waals surface area contributed by atoms with Crippen molar-refractivity contribution in [1.29, 1.82) is 5.26 Å². The molecule has 4 rings (SSSR count). The summed E-state index contributed by atoms with van der Waals surface area (Å²) in [5, 5.41) is 14.6. The average Bonchev–Trinajstić information content (AvgIpc) is 3.36. The van der Waals surface area contributed by atoms with E-state index in [4.69, 9.17) is 4.55 Å². The van der Waals surface area contributed by atoms with Crippen LogP contribution in [0.3, 0.4) is 0 Å². The molecular weight excluding hydrogens is 376 g/mol. The van der Waals surface area contributed by atoms with Crippen LogP contribution < -0.4 is 0 Å². The summed E-state index contributed by atoms with van der Waals surface area (Å²) in [6, 6.07) is 11.2. The van der Waals surface area contributed by atoms with Crippen molar-refractivity contribution >= 4 is 22.1 Å². The fourth-order valence-electron chi connectivity index (χ4n) is 3.16. The Morgan fingerprint density at radius 2 is 2.07 bits per heavy atom. The first-order chi connectivity index (χ1) is 13.7. The van der Waals surface area contributed by atoms with E-state index in [2.05, 4.69) is 26.1 Å². The predicted octanol–water partition coefficient (Wildman–Crippen LogP) is 3.05. The van der Waals surface area contributed by atoms with Gasteiger partial charge in [0.2, 0.25) is 0 Å². The quantitative estimate of drug-likeness (QED) is 0.487. The smallest absolute Gasteiger partial charge is 0.157 e. The molecule has 3 aromatic heterocycles. The molecule has 0 spiro atoms.